The van der Waals surface area contributed by atoms with E-state index in [-0.39, 0.29) is 17.2 Å². The lowest BCUT2D eigenvalue weighted by Crippen LogP contribution is -2.60. The summed E-state index contributed by atoms with van der Waals surface area (Å²) in [5.41, 5.74) is 0. The number of hydrogen-bond acceptors (Lipinski definition) is 5. The van der Waals surface area contributed by atoms with Crippen molar-refractivity contribution in [3.8, 4) is 0 Å². The molecule has 2 saturated heterocycles. The number of likely N-dealkylation sites (tertiary alicyclic amines) is 1. The maximum absolute atomic E-state index is 12.8. The molecule has 8 heteroatoms. The van der Waals surface area contributed by atoms with Gasteiger partial charge in [-0.2, -0.15) is 9.40 Å². The van der Waals surface area contributed by atoms with Crippen molar-refractivity contribution < 1.29 is 13.2 Å². The minimum atomic E-state index is -3.52. The van der Waals surface area contributed by atoms with Gasteiger partial charge in [0.15, 0.2) is 5.03 Å². The van der Waals surface area contributed by atoms with Crippen molar-refractivity contribution in [3.63, 3.8) is 0 Å². The molecular weight excluding hydrogens is 280 g/mol. The van der Waals surface area contributed by atoms with Crippen molar-refractivity contribution in [2.45, 2.75) is 23.6 Å². The molecule has 0 bridgehead atoms. The zero-order valence-corrected chi connectivity index (χ0v) is 12.6. The summed E-state index contributed by atoms with van der Waals surface area (Å²) in [7, 11) is 0.148. The van der Waals surface area contributed by atoms with Crippen molar-refractivity contribution in [1.29, 1.82) is 0 Å². The number of rotatable bonds is 2. The number of ether oxygens (including phenoxy) is 1. The molecule has 112 valence electrons. The van der Waals surface area contributed by atoms with Gasteiger partial charge in [-0.3, -0.25) is 4.68 Å². The molecular formula is C12H20N4O3S. The fraction of sp³-hybridized carbons (Fsp3) is 0.750. The van der Waals surface area contributed by atoms with Crippen LogP contribution < -0.4 is 0 Å². The zero-order chi connectivity index (χ0) is 14.3. The predicted molar refractivity (Wildman–Crippen MR) is 72.7 cm³/mol. The lowest BCUT2D eigenvalue weighted by atomic mass is 10.0. The molecule has 7 nitrogen and oxygen atoms in total. The van der Waals surface area contributed by atoms with Crippen LogP contribution in [-0.2, 0) is 21.8 Å². The molecule has 0 radical (unpaired) electrons. The molecule has 0 amide bonds. The molecule has 3 rings (SSSR count). The Morgan fingerprint density at radius 1 is 1.35 bits per heavy atom. The van der Waals surface area contributed by atoms with E-state index in [4.69, 9.17) is 4.74 Å². The summed E-state index contributed by atoms with van der Waals surface area (Å²) in [4.78, 5) is 2.15. The van der Waals surface area contributed by atoms with E-state index < -0.39 is 10.0 Å². The Morgan fingerprint density at radius 3 is 2.85 bits per heavy atom. The van der Waals surface area contributed by atoms with E-state index in [1.54, 1.807) is 17.4 Å². The van der Waals surface area contributed by atoms with Gasteiger partial charge in [0.1, 0.15) is 0 Å². The first kappa shape index (κ1) is 14.0. The first-order valence-corrected chi connectivity index (χ1v) is 8.24. The molecule has 2 aliphatic rings. The van der Waals surface area contributed by atoms with Crippen LogP contribution in [0.2, 0.25) is 0 Å². The van der Waals surface area contributed by atoms with Gasteiger partial charge >= 0.3 is 0 Å². The molecule has 0 saturated carbocycles. The number of fused-ring (bicyclic) bond motifs is 1. The number of hydrogen-bond donors (Lipinski definition) is 0. The second-order valence-electron chi connectivity index (χ2n) is 5.44. The molecule has 3 heterocycles. The van der Waals surface area contributed by atoms with Crippen LogP contribution >= 0.6 is 0 Å². The highest BCUT2D eigenvalue weighted by Gasteiger charge is 2.42. The Hall–Kier alpha value is -0.960. The molecule has 0 spiro atoms. The second-order valence-corrected chi connectivity index (χ2v) is 7.27. The van der Waals surface area contributed by atoms with E-state index in [2.05, 4.69) is 10.00 Å². The Balaban J connectivity index is 1.93. The van der Waals surface area contributed by atoms with Crippen LogP contribution in [0.4, 0.5) is 0 Å². The zero-order valence-electron chi connectivity index (χ0n) is 11.8. The summed E-state index contributed by atoms with van der Waals surface area (Å²) in [6, 6.07) is 1.44. The number of sulfonamides is 1. The molecule has 20 heavy (non-hydrogen) atoms. The van der Waals surface area contributed by atoms with Crippen LogP contribution in [0.25, 0.3) is 0 Å². The average molecular weight is 300 g/mol. The van der Waals surface area contributed by atoms with E-state index in [9.17, 15) is 8.42 Å². The van der Waals surface area contributed by atoms with Gasteiger partial charge in [0.25, 0.3) is 10.0 Å². The normalized spacial score (nSPS) is 29.3. The highest BCUT2D eigenvalue weighted by molar-refractivity contribution is 7.89. The van der Waals surface area contributed by atoms with Crippen molar-refractivity contribution in [2.24, 2.45) is 7.05 Å². The van der Waals surface area contributed by atoms with Crippen LogP contribution in [-0.4, -0.2) is 72.8 Å². The van der Waals surface area contributed by atoms with Crippen LogP contribution in [0.15, 0.2) is 17.3 Å². The number of nitrogens with zero attached hydrogens (tertiary/aromatic N) is 4. The topological polar surface area (TPSA) is 67.7 Å². The van der Waals surface area contributed by atoms with Crippen molar-refractivity contribution in [3.05, 3.63) is 12.3 Å². The third kappa shape index (κ3) is 2.26. The van der Waals surface area contributed by atoms with Crippen molar-refractivity contribution in [1.82, 2.24) is 19.0 Å². The molecule has 1 aromatic rings. The summed E-state index contributed by atoms with van der Waals surface area (Å²) in [6.07, 6.45) is 2.39. The molecule has 0 aliphatic carbocycles. The van der Waals surface area contributed by atoms with E-state index in [1.165, 1.54) is 10.9 Å². The molecule has 0 aromatic carbocycles. The lowest BCUT2D eigenvalue weighted by Gasteiger charge is -2.45. The summed E-state index contributed by atoms with van der Waals surface area (Å²) in [5.74, 6) is 0. The van der Waals surface area contributed by atoms with Crippen LogP contribution in [0.5, 0.6) is 0 Å². The highest BCUT2D eigenvalue weighted by atomic mass is 32.2. The quantitative estimate of drug-likeness (QED) is 0.737. The van der Waals surface area contributed by atoms with Gasteiger partial charge in [-0.05, 0) is 19.5 Å². The van der Waals surface area contributed by atoms with Gasteiger partial charge in [-0.25, -0.2) is 8.42 Å². The average Bonchev–Trinajstić information content (AvgIpc) is 2.85. The molecule has 1 aromatic heterocycles. The van der Waals surface area contributed by atoms with Gasteiger partial charge in [-0.15, -0.1) is 0 Å². The van der Waals surface area contributed by atoms with Gasteiger partial charge in [0.05, 0.1) is 24.9 Å². The number of aromatic nitrogens is 2. The maximum Gasteiger partial charge on any atom is 0.260 e. The minimum absolute atomic E-state index is 0.00273. The first-order valence-electron chi connectivity index (χ1n) is 6.80. The molecule has 0 N–H and O–H groups in total. The van der Waals surface area contributed by atoms with E-state index >= 15 is 0 Å². The molecule has 2 fully saturated rings. The summed E-state index contributed by atoms with van der Waals surface area (Å²) >= 11 is 0. The number of morpholine rings is 1. The maximum atomic E-state index is 12.8. The first-order chi connectivity index (χ1) is 9.50. The molecule has 0 unspecified atom stereocenters. The van der Waals surface area contributed by atoms with E-state index in [0.29, 0.717) is 19.7 Å². The number of aryl methyl sites for hydroxylation is 1. The monoisotopic (exact) mass is 300 g/mol. The Bertz CT molecular complexity index is 585. The summed E-state index contributed by atoms with van der Waals surface area (Å²) < 4.78 is 34.4. The Morgan fingerprint density at radius 2 is 2.15 bits per heavy atom. The van der Waals surface area contributed by atoms with Crippen molar-refractivity contribution in [2.75, 3.05) is 33.3 Å². The SMILES string of the molecule is CN1CC[C@H]2OCCN(S(=O)(=O)c3ccnn3C)[C@@H]2C1. The smallest absolute Gasteiger partial charge is 0.260 e. The largest absolute Gasteiger partial charge is 0.375 e. The standard InChI is InChI=1S/C12H20N4O3S/c1-14-6-4-11-10(9-14)16(7-8-19-11)20(17,18)12-3-5-13-15(12)2/h3,5,10-11H,4,6-9H2,1-2H3/t10-,11-/m1/s1. The van der Waals surface area contributed by atoms with Gasteiger partial charge in [0.2, 0.25) is 0 Å². The molecule has 2 aliphatic heterocycles. The summed E-state index contributed by atoms with van der Waals surface area (Å²) in [6.45, 7) is 2.52. The van der Waals surface area contributed by atoms with Gasteiger partial charge in [-0.1, -0.05) is 0 Å². The summed E-state index contributed by atoms with van der Waals surface area (Å²) in [5, 5.41) is 4.21. The Kier molecular flexibility index (Phi) is 3.57. The molecule has 2 atom stereocenters. The van der Waals surface area contributed by atoms with Crippen LogP contribution in [0, 0.1) is 0 Å². The van der Waals surface area contributed by atoms with Crippen molar-refractivity contribution >= 4 is 10.0 Å². The van der Waals surface area contributed by atoms with Crippen LogP contribution in [0.3, 0.4) is 0 Å². The Labute approximate surface area is 119 Å². The van der Waals surface area contributed by atoms with Crippen LogP contribution in [0.1, 0.15) is 6.42 Å². The fourth-order valence-electron chi connectivity index (χ4n) is 3.03. The lowest BCUT2D eigenvalue weighted by molar-refractivity contribution is -0.0720. The highest BCUT2D eigenvalue weighted by Crippen LogP contribution is 2.27. The van der Waals surface area contributed by atoms with E-state index in [1.807, 2.05) is 7.05 Å². The predicted octanol–water partition coefficient (Wildman–Crippen LogP) is -0.486. The number of piperidine rings is 1. The third-order valence-corrected chi connectivity index (χ3v) is 6.09. The number of likely N-dealkylation sites (N-methyl/N-ethyl adjacent to an activating group) is 1. The van der Waals surface area contributed by atoms with Gasteiger partial charge in [0, 0.05) is 26.7 Å². The third-order valence-electron chi connectivity index (χ3n) is 4.09. The second kappa shape index (κ2) is 5.10. The minimum Gasteiger partial charge on any atom is -0.375 e. The van der Waals surface area contributed by atoms with Gasteiger partial charge < -0.3 is 9.64 Å². The van der Waals surface area contributed by atoms with E-state index in [0.717, 1.165) is 13.0 Å². The fourth-order valence-corrected chi connectivity index (χ4v) is 4.76.